The molecule has 0 N–H and O–H groups in total. The van der Waals surface area contributed by atoms with Gasteiger partial charge in [-0.2, -0.15) is 0 Å². The molecule has 0 aliphatic carbocycles. The zero-order chi connectivity index (χ0) is 12.3. The second-order valence-corrected chi connectivity index (χ2v) is 4.88. The Balaban J connectivity index is 3.02. The van der Waals surface area contributed by atoms with E-state index in [1.807, 2.05) is 0 Å². The van der Waals surface area contributed by atoms with Crippen molar-refractivity contribution in [3.63, 3.8) is 0 Å². The molecule has 1 heteroatoms. The molecule has 0 aliphatic heterocycles. The van der Waals surface area contributed by atoms with Crippen molar-refractivity contribution < 1.29 is 0 Å². The second-order valence-electron chi connectivity index (χ2n) is 4.88. The van der Waals surface area contributed by atoms with Gasteiger partial charge in [-0.05, 0) is 36.5 Å². The molecule has 0 bridgehead atoms. The third-order valence-corrected chi connectivity index (χ3v) is 2.94. The molecule has 1 aromatic rings. The lowest BCUT2D eigenvalue weighted by molar-refractivity contribution is 0.796. The molecule has 1 rings (SSSR count). The van der Waals surface area contributed by atoms with Gasteiger partial charge in [-0.3, -0.25) is 0 Å². The molecule has 0 saturated heterocycles. The van der Waals surface area contributed by atoms with Gasteiger partial charge >= 0.3 is 0 Å². The van der Waals surface area contributed by atoms with Crippen LogP contribution in [0.3, 0.4) is 0 Å². The van der Waals surface area contributed by atoms with E-state index in [4.69, 9.17) is 0 Å². The monoisotopic (exact) mass is 212 g/mol. The topological polar surface area (TPSA) is 0 Å². The van der Waals surface area contributed by atoms with E-state index in [9.17, 15) is 0 Å². The Morgan fingerprint density at radius 3 is 2.19 bits per heavy atom. The summed E-state index contributed by atoms with van der Waals surface area (Å²) in [7, 11) is 2.14. The number of allylic oxidation sites excluding steroid dienone is 2. The highest BCUT2D eigenvalue weighted by molar-refractivity contribution is 6.32. The van der Waals surface area contributed by atoms with Gasteiger partial charge < -0.3 is 0 Å². The standard InChI is InChI=1S/C15H21B/c1-10(2)11(3)6-7-15-12(4)8-14(16)9-13(15)5/h6-10H,3,16H2,1-2,4-5H3/b7-6-. The van der Waals surface area contributed by atoms with E-state index < -0.39 is 0 Å². The van der Waals surface area contributed by atoms with Crippen LogP contribution in [0.4, 0.5) is 0 Å². The maximum Gasteiger partial charge on any atom is 0.139 e. The van der Waals surface area contributed by atoms with Crippen molar-refractivity contribution in [3.05, 3.63) is 47.1 Å². The highest BCUT2D eigenvalue weighted by atomic mass is 14.1. The van der Waals surface area contributed by atoms with Crippen molar-refractivity contribution >= 4 is 19.4 Å². The van der Waals surface area contributed by atoms with Gasteiger partial charge in [0, 0.05) is 0 Å². The molecule has 0 radical (unpaired) electrons. The Morgan fingerprint density at radius 1 is 1.25 bits per heavy atom. The highest BCUT2D eigenvalue weighted by Gasteiger charge is 2.01. The van der Waals surface area contributed by atoms with Crippen LogP contribution in [-0.4, -0.2) is 7.85 Å². The molecule has 84 valence electrons. The molecular weight excluding hydrogens is 191 g/mol. The molecule has 0 saturated carbocycles. The van der Waals surface area contributed by atoms with Crippen molar-refractivity contribution in [2.24, 2.45) is 5.92 Å². The zero-order valence-corrected chi connectivity index (χ0v) is 11.1. The van der Waals surface area contributed by atoms with Crippen LogP contribution in [-0.2, 0) is 0 Å². The molecule has 0 unspecified atom stereocenters. The maximum atomic E-state index is 4.06. The average Bonchev–Trinajstić information content (AvgIpc) is 2.15. The first-order valence-electron chi connectivity index (χ1n) is 5.86. The minimum absolute atomic E-state index is 0.516. The molecule has 0 amide bonds. The summed E-state index contributed by atoms with van der Waals surface area (Å²) in [5, 5.41) is 0. The summed E-state index contributed by atoms with van der Waals surface area (Å²) in [6, 6.07) is 4.45. The fourth-order valence-electron chi connectivity index (χ4n) is 1.84. The van der Waals surface area contributed by atoms with Crippen LogP contribution in [0.15, 0.2) is 30.4 Å². The minimum Gasteiger partial charge on any atom is -0.0956 e. The number of aryl methyl sites for hydroxylation is 2. The number of benzene rings is 1. The van der Waals surface area contributed by atoms with Crippen molar-refractivity contribution in [1.29, 1.82) is 0 Å². The highest BCUT2D eigenvalue weighted by Crippen LogP contribution is 2.16. The summed E-state index contributed by atoms with van der Waals surface area (Å²) in [5.41, 5.74) is 6.51. The normalized spacial score (nSPS) is 11.3. The van der Waals surface area contributed by atoms with Crippen LogP contribution in [0, 0.1) is 19.8 Å². The Kier molecular flexibility index (Phi) is 4.17. The average molecular weight is 212 g/mol. The first-order chi connectivity index (χ1) is 7.41. The molecule has 0 spiro atoms. The molecule has 0 aliphatic rings. The summed E-state index contributed by atoms with van der Waals surface area (Å²) < 4.78 is 0. The van der Waals surface area contributed by atoms with Gasteiger partial charge in [0.25, 0.3) is 0 Å². The van der Waals surface area contributed by atoms with Crippen molar-refractivity contribution in [2.75, 3.05) is 0 Å². The fourth-order valence-corrected chi connectivity index (χ4v) is 1.84. The van der Waals surface area contributed by atoms with Gasteiger partial charge in [-0.25, -0.2) is 0 Å². The van der Waals surface area contributed by atoms with Crippen molar-refractivity contribution in [3.8, 4) is 0 Å². The SMILES string of the molecule is Bc1cc(C)c(/C=C\C(=C)C(C)C)c(C)c1. The lowest BCUT2D eigenvalue weighted by Gasteiger charge is -2.08. The Hall–Kier alpha value is -1.24. The van der Waals surface area contributed by atoms with E-state index in [0.717, 1.165) is 0 Å². The smallest absolute Gasteiger partial charge is 0.0956 e. The number of hydrogen-bond donors (Lipinski definition) is 0. The maximum absolute atomic E-state index is 4.06. The summed E-state index contributed by atoms with van der Waals surface area (Å²) in [4.78, 5) is 0. The third kappa shape index (κ3) is 3.13. The lowest BCUT2D eigenvalue weighted by atomic mass is 9.89. The predicted molar refractivity (Wildman–Crippen MR) is 77.1 cm³/mol. The largest absolute Gasteiger partial charge is 0.139 e. The molecule has 1 aromatic carbocycles. The fraction of sp³-hybridized carbons (Fsp3) is 0.333. The quantitative estimate of drug-likeness (QED) is 0.533. The van der Waals surface area contributed by atoms with E-state index in [1.165, 1.54) is 27.7 Å². The van der Waals surface area contributed by atoms with Gasteiger partial charge in [0.2, 0.25) is 0 Å². The summed E-state index contributed by atoms with van der Waals surface area (Å²) in [5.74, 6) is 0.516. The van der Waals surface area contributed by atoms with Gasteiger partial charge in [0.05, 0.1) is 0 Å². The van der Waals surface area contributed by atoms with Crippen LogP contribution in [0.25, 0.3) is 6.08 Å². The molecule has 0 nitrogen and oxygen atoms in total. The van der Waals surface area contributed by atoms with Crippen molar-refractivity contribution in [2.45, 2.75) is 27.7 Å². The van der Waals surface area contributed by atoms with Crippen LogP contribution >= 0.6 is 0 Å². The van der Waals surface area contributed by atoms with Gasteiger partial charge in [-0.15, -0.1) is 0 Å². The van der Waals surface area contributed by atoms with E-state index in [2.05, 4.69) is 66.4 Å². The van der Waals surface area contributed by atoms with E-state index in [1.54, 1.807) is 0 Å². The van der Waals surface area contributed by atoms with Crippen LogP contribution in [0.5, 0.6) is 0 Å². The molecule has 0 heterocycles. The first-order valence-corrected chi connectivity index (χ1v) is 5.86. The molecule has 16 heavy (non-hydrogen) atoms. The van der Waals surface area contributed by atoms with Crippen molar-refractivity contribution in [1.82, 2.24) is 0 Å². The van der Waals surface area contributed by atoms with E-state index in [0.29, 0.717) is 5.92 Å². The van der Waals surface area contributed by atoms with Gasteiger partial charge in [0.15, 0.2) is 0 Å². The molecular formula is C15H21B. The summed E-state index contributed by atoms with van der Waals surface area (Å²) >= 11 is 0. The Morgan fingerprint density at radius 2 is 1.75 bits per heavy atom. The zero-order valence-electron chi connectivity index (χ0n) is 11.1. The lowest BCUT2D eigenvalue weighted by Crippen LogP contribution is -2.05. The molecule has 0 fully saturated rings. The van der Waals surface area contributed by atoms with Crippen LogP contribution in [0.1, 0.15) is 30.5 Å². The van der Waals surface area contributed by atoms with Gasteiger partial charge in [0.1, 0.15) is 7.85 Å². The minimum atomic E-state index is 0.516. The first kappa shape index (κ1) is 12.8. The third-order valence-electron chi connectivity index (χ3n) is 2.94. The summed E-state index contributed by atoms with van der Waals surface area (Å²) in [6.07, 6.45) is 4.32. The van der Waals surface area contributed by atoms with E-state index in [-0.39, 0.29) is 0 Å². The second kappa shape index (κ2) is 5.20. The molecule has 0 aromatic heterocycles. The number of hydrogen-bond acceptors (Lipinski definition) is 0. The van der Waals surface area contributed by atoms with Gasteiger partial charge in [-0.1, -0.05) is 55.7 Å². The van der Waals surface area contributed by atoms with Crippen LogP contribution < -0.4 is 5.46 Å². The number of rotatable bonds is 3. The van der Waals surface area contributed by atoms with E-state index >= 15 is 0 Å². The van der Waals surface area contributed by atoms with Crippen LogP contribution in [0.2, 0.25) is 0 Å². The predicted octanol–water partition coefficient (Wildman–Crippen LogP) is 2.79. The molecule has 0 atom stereocenters. The Labute approximate surface area is 100 Å². The Bertz CT molecular complexity index is 402. The summed E-state index contributed by atoms with van der Waals surface area (Å²) in [6.45, 7) is 12.7.